The van der Waals surface area contributed by atoms with Crippen LogP contribution in [0.5, 0.6) is 11.5 Å². The first-order valence-corrected chi connectivity index (χ1v) is 12.7. The Morgan fingerprint density at radius 1 is 1.16 bits per heavy atom. The number of carboxylic acid groups (broad SMARTS) is 1. The number of aromatic hydroxyl groups is 1. The van der Waals surface area contributed by atoms with Crippen molar-refractivity contribution in [3.8, 4) is 22.8 Å². The zero-order valence-corrected chi connectivity index (χ0v) is 21.0. The number of piperazine rings is 1. The van der Waals surface area contributed by atoms with Crippen molar-refractivity contribution < 1.29 is 33.7 Å². The summed E-state index contributed by atoms with van der Waals surface area (Å²) in [7, 11) is 0. The van der Waals surface area contributed by atoms with Gasteiger partial charge in [0, 0.05) is 38.6 Å². The number of benzene rings is 1. The number of Topliss-reactive ketones (excluding diaryl/α,β-unsaturated/α-hetero) is 1. The number of fused-ring (bicyclic) bond motifs is 3. The van der Waals surface area contributed by atoms with Gasteiger partial charge in [0.05, 0.1) is 24.8 Å². The Bertz CT molecular complexity index is 1340. The van der Waals surface area contributed by atoms with Crippen LogP contribution >= 0.6 is 11.6 Å². The number of nitrogens with zero attached hydrogens (tertiary/aromatic N) is 5. The van der Waals surface area contributed by atoms with Gasteiger partial charge in [-0.3, -0.25) is 14.5 Å². The Balaban J connectivity index is 1.49. The fourth-order valence-corrected chi connectivity index (χ4v) is 6.08. The molecule has 1 aromatic carbocycles. The predicted molar refractivity (Wildman–Crippen MR) is 133 cm³/mol. The summed E-state index contributed by atoms with van der Waals surface area (Å²) in [4.78, 5) is 49.0. The number of pyridine rings is 1. The predicted octanol–water partition coefficient (Wildman–Crippen LogP) is 2.25. The van der Waals surface area contributed by atoms with E-state index in [0.717, 1.165) is 0 Å². The van der Waals surface area contributed by atoms with Crippen LogP contribution in [0.4, 0.5) is 15.0 Å². The molecule has 11 nitrogen and oxygen atoms in total. The van der Waals surface area contributed by atoms with E-state index in [9.17, 15) is 29.0 Å². The number of phenolic OH excluding ortho intramolecular Hbond substituents is 1. The van der Waals surface area contributed by atoms with Crippen LogP contribution in [0.2, 0.25) is 5.02 Å². The van der Waals surface area contributed by atoms with E-state index >= 15 is 0 Å². The molecule has 3 saturated heterocycles. The normalized spacial score (nSPS) is 23.5. The molecule has 2 atom stereocenters. The summed E-state index contributed by atoms with van der Waals surface area (Å²) in [6.45, 7) is 1.45. The van der Waals surface area contributed by atoms with Crippen LogP contribution in [0.15, 0.2) is 18.2 Å². The number of halogens is 2. The molecule has 0 saturated carbocycles. The van der Waals surface area contributed by atoms with Crippen LogP contribution in [-0.2, 0) is 4.79 Å². The molecule has 38 heavy (non-hydrogen) atoms. The number of aromatic nitrogens is 1. The minimum absolute atomic E-state index is 0.00946. The van der Waals surface area contributed by atoms with Gasteiger partial charge in [-0.25, -0.2) is 14.2 Å². The van der Waals surface area contributed by atoms with Crippen molar-refractivity contribution in [2.24, 2.45) is 0 Å². The summed E-state index contributed by atoms with van der Waals surface area (Å²) >= 11 is 6.72. The Morgan fingerprint density at radius 3 is 2.74 bits per heavy atom. The number of rotatable bonds is 2. The van der Waals surface area contributed by atoms with E-state index in [2.05, 4.69) is 4.98 Å². The largest absolute Gasteiger partial charge is 0.507 e. The summed E-state index contributed by atoms with van der Waals surface area (Å²) in [5.74, 6) is -1.16. The number of hydrogen-bond donors (Lipinski definition) is 2. The van der Waals surface area contributed by atoms with Crippen molar-refractivity contribution in [3.63, 3.8) is 0 Å². The van der Waals surface area contributed by atoms with E-state index in [1.54, 1.807) is 4.90 Å². The second-order valence-corrected chi connectivity index (χ2v) is 10.3. The van der Waals surface area contributed by atoms with Gasteiger partial charge in [-0.15, -0.1) is 0 Å². The molecule has 2 N–H and O–H groups in total. The summed E-state index contributed by atoms with van der Waals surface area (Å²) < 4.78 is 21.0. The van der Waals surface area contributed by atoms with Gasteiger partial charge in [-0.2, -0.15) is 0 Å². The van der Waals surface area contributed by atoms with E-state index < -0.39 is 23.9 Å². The first-order chi connectivity index (χ1) is 18.2. The summed E-state index contributed by atoms with van der Waals surface area (Å²) in [6, 6.07) is 3.40. The summed E-state index contributed by atoms with van der Waals surface area (Å²) in [5, 5.41) is 19.8. The lowest BCUT2D eigenvalue weighted by molar-refractivity contribution is -0.116. The highest BCUT2D eigenvalue weighted by atomic mass is 35.5. The van der Waals surface area contributed by atoms with Gasteiger partial charge in [0.2, 0.25) is 0 Å². The van der Waals surface area contributed by atoms with E-state index in [4.69, 9.17) is 16.3 Å². The molecule has 0 aliphatic carbocycles. The fourth-order valence-electron chi connectivity index (χ4n) is 5.79. The summed E-state index contributed by atoms with van der Waals surface area (Å²) in [6.07, 6.45) is 0.0611. The van der Waals surface area contributed by atoms with Crippen molar-refractivity contribution in [1.82, 2.24) is 19.7 Å². The highest BCUT2D eigenvalue weighted by Crippen LogP contribution is 2.46. The molecular weight excluding hydrogens is 521 g/mol. The number of amides is 2. The third-order valence-electron chi connectivity index (χ3n) is 7.70. The number of ether oxygens (including phenoxy) is 1. The number of phenols is 1. The number of ketones is 1. The van der Waals surface area contributed by atoms with Crippen molar-refractivity contribution in [2.45, 2.75) is 24.9 Å². The minimum Gasteiger partial charge on any atom is -0.507 e. The molecule has 1 aromatic heterocycles. The van der Waals surface area contributed by atoms with Gasteiger partial charge in [0.1, 0.15) is 46.1 Å². The van der Waals surface area contributed by atoms with Crippen LogP contribution < -0.4 is 9.64 Å². The molecule has 0 radical (unpaired) electrons. The molecular formula is C25H25ClFN5O6. The molecule has 200 valence electrons. The fraction of sp³-hybridized carbons (Fsp3) is 0.440. The SMILES string of the molecule is O=C1CC2CCN(c3nc(-c4c(O)cccc4F)c(Cl)c4c3C(=O)N3CCN(C(=O)O)C[C@@H]3CO4)CN2C1. The van der Waals surface area contributed by atoms with Crippen LogP contribution in [-0.4, -0.2) is 106 Å². The molecule has 0 spiro atoms. The molecule has 1 unspecified atom stereocenters. The molecule has 3 fully saturated rings. The van der Waals surface area contributed by atoms with Crippen molar-refractivity contribution in [3.05, 3.63) is 34.6 Å². The zero-order valence-electron chi connectivity index (χ0n) is 20.3. The van der Waals surface area contributed by atoms with Crippen LogP contribution in [0.3, 0.4) is 0 Å². The van der Waals surface area contributed by atoms with E-state index in [-0.39, 0.29) is 77.2 Å². The molecule has 6 rings (SSSR count). The lowest BCUT2D eigenvalue weighted by Crippen LogP contribution is -2.57. The van der Waals surface area contributed by atoms with Gasteiger partial charge < -0.3 is 29.6 Å². The molecule has 5 heterocycles. The average molecular weight is 546 g/mol. The maximum atomic E-state index is 15.0. The Labute approximate surface area is 221 Å². The lowest BCUT2D eigenvalue weighted by Gasteiger charge is -2.40. The van der Waals surface area contributed by atoms with E-state index in [1.807, 2.05) is 9.80 Å². The van der Waals surface area contributed by atoms with Crippen molar-refractivity contribution >= 4 is 35.2 Å². The van der Waals surface area contributed by atoms with Crippen molar-refractivity contribution in [2.75, 3.05) is 50.9 Å². The van der Waals surface area contributed by atoms with Gasteiger partial charge >= 0.3 is 6.09 Å². The van der Waals surface area contributed by atoms with Crippen molar-refractivity contribution in [1.29, 1.82) is 0 Å². The van der Waals surface area contributed by atoms with E-state index in [1.165, 1.54) is 23.1 Å². The maximum absolute atomic E-state index is 15.0. The molecule has 4 aliphatic heterocycles. The highest BCUT2D eigenvalue weighted by Gasteiger charge is 2.43. The Morgan fingerprint density at radius 2 is 1.97 bits per heavy atom. The monoisotopic (exact) mass is 545 g/mol. The number of carbonyl (C=O) groups excluding carboxylic acids is 2. The Kier molecular flexibility index (Phi) is 6.03. The first-order valence-electron chi connectivity index (χ1n) is 12.4. The standard InChI is InChI=1S/C25H25ClFN5O6/c26-20-21(18-16(27)2-1-3-17(18)34)28-23(30-5-4-13-8-15(33)10-31(13)12-30)19-22(20)38-11-14-9-29(25(36)37)6-7-32(14)24(19)35/h1-3,13-14,34H,4-12H2,(H,36,37)/t13?,14-/m1/s1. The van der Waals surface area contributed by atoms with Crippen LogP contribution in [0.25, 0.3) is 11.3 Å². The Hall–Kier alpha value is -3.64. The quantitative estimate of drug-likeness (QED) is 0.584. The third-order valence-corrected chi connectivity index (χ3v) is 8.05. The molecule has 13 heteroatoms. The smallest absolute Gasteiger partial charge is 0.407 e. The molecule has 2 aromatic rings. The third kappa shape index (κ3) is 3.99. The lowest BCUT2D eigenvalue weighted by atomic mass is 10.0. The second kappa shape index (κ2) is 9.28. The van der Waals surface area contributed by atoms with Crippen LogP contribution in [0, 0.1) is 5.82 Å². The number of carbonyl (C=O) groups is 3. The molecule has 4 aliphatic rings. The number of anilines is 1. The van der Waals surface area contributed by atoms with Crippen LogP contribution in [0.1, 0.15) is 23.2 Å². The molecule has 2 amide bonds. The zero-order chi connectivity index (χ0) is 26.7. The topological polar surface area (TPSA) is 127 Å². The first kappa shape index (κ1) is 24.7. The van der Waals surface area contributed by atoms with Gasteiger partial charge in [0.25, 0.3) is 5.91 Å². The highest BCUT2D eigenvalue weighted by molar-refractivity contribution is 6.35. The minimum atomic E-state index is -1.08. The van der Waals surface area contributed by atoms with E-state index in [0.29, 0.717) is 32.6 Å². The van der Waals surface area contributed by atoms with Gasteiger partial charge in [-0.1, -0.05) is 17.7 Å². The van der Waals surface area contributed by atoms with Gasteiger partial charge in [-0.05, 0) is 18.6 Å². The molecule has 0 bridgehead atoms. The summed E-state index contributed by atoms with van der Waals surface area (Å²) in [5.41, 5.74) is -0.192. The number of hydrogen-bond acceptors (Lipinski definition) is 8. The van der Waals surface area contributed by atoms with Gasteiger partial charge in [0.15, 0.2) is 5.75 Å². The maximum Gasteiger partial charge on any atom is 0.407 e. The second-order valence-electron chi connectivity index (χ2n) is 9.97. The average Bonchev–Trinajstić information content (AvgIpc) is 3.19.